The zero-order valence-corrected chi connectivity index (χ0v) is 5.12. The Morgan fingerprint density at radius 2 is 1.89 bits per heavy atom. The van der Waals surface area contributed by atoms with Crippen LogP contribution < -0.4 is 5.73 Å². The van der Waals surface area contributed by atoms with E-state index >= 15 is 0 Å². The van der Waals surface area contributed by atoms with Crippen LogP contribution in [-0.4, -0.2) is 30.8 Å². The van der Waals surface area contributed by atoms with E-state index in [0.29, 0.717) is 32.3 Å². The molecular formula is C5H10N2O2. The Kier molecular flexibility index (Phi) is 4.72. The van der Waals surface area contributed by atoms with E-state index < -0.39 is 0 Å². The topological polar surface area (TPSA) is 63.4 Å². The summed E-state index contributed by atoms with van der Waals surface area (Å²) in [4.78, 5) is 20.8. The molecule has 2 amide bonds. The summed E-state index contributed by atoms with van der Waals surface area (Å²) in [6.07, 6.45) is 1.64. The van der Waals surface area contributed by atoms with Gasteiger partial charge in [0.25, 0.3) is 0 Å². The van der Waals surface area contributed by atoms with E-state index in [2.05, 4.69) is 0 Å². The first-order valence-corrected chi connectivity index (χ1v) is 2.71. The van der Waals surface area contributed by atoms with Gasteiger partial charge in [0, 0.05) is 6.54 Å². The van der Waals surface area contributed by atoms with Crippen molar-refractivity contribution in [1.29, 1.82) is 0 Å². The molecule has 2 N–H and O–H groups in total. The van der Waals surface area contributed by atoms with Gasteiger partial charge in [0.2, 0.25) is 12.8 Å². The molecule has 0 aliphatic rings. The highest BCUT2D eigenvalue weighted by atomic mass is 16.2. The van der Waals surface area contributed by atoms with Gasteiger partial charge in [0.1, 0.15) is 0 Å². The van der Waals surface area contributed by atoms with Crippen molar-refractivity contribution in [2.24, 2.45) is 5.73 Å². The third-order valence-electron chi connectivity index (χ3n) is 0.891. The molecule has 52 valence electrons. The highest BCUT2D eigenvalue weighted by Gasteiger charge is 1.94. The van der Waals surface area contributed by atoms with Crippen LogP contribution in [0.4, 0.5) is 0 Å². The number of imide groups is 1. The monoisotopic (exact) mass is 130 g/mol. The fourth-order valence-electron chi connectivity index (χ4n) is 0.404. The summed E-state index contributed by atoms with van der Waals surface area (Å²) in [6, 6.07) is 0. The van der Waals surface area contributed by atoms with Crippen molar-refractivity contribution in [2.75, 3.05) is 13.1 Å². The minimum atomic E-state index is 0.420. The Bertz CT molecular complexity index is 87.0. The summed E-state index contributed by atoms with van der Waals surface area (Å²) in [7, 11) is 0. The molecule has 4 heteroatoms. The zero-order chi connectivity index (χ0) is 7.11. The first-order chi connectivity index (χ1) is 4.35. The van der Waals surface area contributed by atoms with Crippen LogP contribution in [0.25, 0.3) is 0 Å². The van der Waals surface area contributed by atoms with Gasteiger partial charge in [-0.05, 0) is 13.0 Å². The van der Waals surface area contributed by atoms with Crippen LogP contribution in [0.5, 0.6) is 0 Å². The van der Waals surface area contributed by atoms with Crippen LogP contribution in [-0.2, 0) is 9.59 Å². The molecular weight excluding hydrogens is 120 g/mol. The minimum absolute atomic E-state index is 0.420. The lowest BCUT2D eigenvalue weighted by atomic mass is 10.4. The molecule has 0 saturated heterocycles. The van der Waals surface area contributed by atoms with Crippen molar-refractivity contribution in [3.8, 4) is 0 Å². The molecule has 0 heterocycles. The highest BCUT2D eigenvalue weighted by molar-refractivity contribution is 5.68. The Morgan fingerprint density at radius 3 is 2.22 bits per heavy atom. The zero-order valence-electron chi connectivity index (χ0n) is 5.12. The number of rotatable bonds is 5. The number of nitrogens with two attached hydrogens (primary N) is 1. The van der Waals surface area contributed by atoms with E-state index in [9.17, 15) is 9.59 Å². The molecule has 0 aromatic heterocycles. The van der Waals surface area contributed by atoms with Gasteiger partial charge in [-0.3, -0.25) is 14.5 Å². The van der Waals surface area contributed by atoms with Crippen molar-refractivity contribution >= 4 is 12.8 Å². The van der Waals surface area contributed by atoms with Crippen LogP contribution in [0.1, 0.15) is 6.42 Å². The fourth-order valence-corrected chi connectivity index (χ4v) is 0.404. The SMILES string of the molecule is NCCCN(C=O)C=O. The lowest BCUT2D eigenvalue weighted by molar-refractivity contribution is -0.129. The maximum atomic E-state index is 9.90. The van der Waals surface area contributed by atoms with Gasteiger partial charge in [-0.2, -0.15) is 0 Å². The molecule has 0 aliphatic heterocycles. The largest absolute Gasteiger partial charge is 0.330 e. The third-order valence-corrected chi connectivity index (χ3v) is 0.891. The van der Waals surface area contributed by atoms with Crippen LogP contribution in [0.2, 0.25) is 0 Å². The molecule has 0 aromatic rings. The first-order valence-electron chi connectivity index (χ1n) is 2.71. The smallest absolute Gasteiger partial charge is 0.216 e. The predicted molar refractivity (Wildman–Crippen MR) is 32.5 cm³/mol. The van der Waals surface area contributed by atoms with Crippen molar-refractivity contribution in [2.45, 2.75) is 6.42 Å². The van der Waals surface area contributed by atoms with Crippen molar-refractivity contribution in [3.63, 3.8) is 0 Å². The molecule has 0 aromatic carbocycles. The Morgan fingerprint density at radius 1 is 1.33 bits per heavy atom. The Labute approximate surface area is 53.6 Å². The number of carbonyl (C=O) groups excluding carboxylic acids is 2. The molecule has 0 bridgehead atoms. The van der Waals surface area contributed by atoms with E-state index in [-0.39, 0.29) is 0 Å². The van der Waals surface area contributed by atoms with Crippen LogP contribution in [0.3, 0.4) is 0 Å². The van der Waals surface area contributed by atoms with Gasteiger partial charge in [-0.1, -0.05) is 0 Å². The Hall–Kier alpha value is -0.900. The molecule has 0 aliphatic carbocycles. The summed E-state index contributed by atoms with van der Waals surface area (Å²) in [5, 5.41) is 0. The number of nitrogens with zero attached hydrogens (tertiary/aromatic N) is 1. The van der Waals surface area contributed by atoms with Crippen LogP contribution in [0, 0.1) is 0 Å². The van der Waals surface area contributed by atoms with Crippen LogP contribution in [0.15, 0.2) is 0 Å². The first kappa shape index (κ1) is 8.10. The number of amides is 2. The molecule has 0 spiro atoms. The Balaban J connectivity index is 3.30. The second kappa shape index (κ2) is 5.24. The maximum absolute atomic E-state index is 9.90. The van der Waals surface area contributed by atoms with Gasteiger partial charge in [0.15, 0.2) is 0 Å². The van der Waals surface area contributed by atoms with Crippen LogP contribution >= 0.6 is 0 Å². The fraction of sp³-hybridized carbons (Fsp3) is 0.600. The average Bonchev–Trinajstić information content (AvgIpc) is 1.91. The lowest BCUT2D eigenvalue weighted by Gasteiger charge is -2.05. The van der Waals surface area contributed by atoms with E-state index in [1.165, 1.54) is 0 Å². The van der Waals surface area contributed by atoms with E-state index in [4.69, 9.17) is 5.73 Å². The van der Waals surface area contributed by atoms with Crippen molar-refractivity contribution in [1.82, 2.24) is 4.90 Å². The molecule has 0 unspecified atom stereocenters. The third kappa shape index (κ3) is 3.66. The minimum Gasteiger partial charge on any atom is -0.330 e. The quantitative estimate of drug-likeness (QED) is 0.483. The van der Waals surface area contributed by atoms with Gasteiger partial charge >= 0.3 is 0 Å². The standard InChI is InChI=1S/C5H10N2O2/c6-2-1-3-7(4-8)5-9/h4-5H,1-3,6H2. The summed E-state index contributed by atoms with van der Waals surface area (Å²) in [5.41, 5.74) is 5.13. The second-order valence-electron chi connectivity index (χ2n) is 1.59. The molecule has 0 radical (unpaired) electrons. The normalized spacial score (nSPS) is 8.56. The predicted octanol–water partition coefficient (Wildman–Crippen LogP) is -1.05. The summed E-state index contributed by atoms with van der Waals surface area (Å²) in [5.74, 6) is 0. The van der Waals surface area contributed by atoms with E-state index in [0.717, 1.165) is 4.90 Å². The van der Waals surface area contributed by atoms with Gasteiger partial charge in [-0.25, -0.2) is 0 Å². The van der Waals surface area contributed by atoms with Gasteiger partial charge in [-0.15, -0.1) is 0 Å². The number of hydrogen-bond acceptors (Lipinski definition) is 3. The average molecular weight is 130 g/mol. The van der Waals surface area contributed by atoms with Gasteiger partial charge in [0.05, 0.1) is 0 Å². The molecule has 0 atom stereocenters. The summed E-state index contributed by atoms with van der Waals surface area (Å²) < 4.78 is 0. The highest BCUT2D eigenvalue weighted by Crippen LogP contribution is 1.79. The molecule has 0 fully saturated rings. The van der Waals surface area contributed by atoms with Crippen molar-refractivity contribution in [3.05, 3.63) is 0 Å². The molecule has 0 saturated carbocycles. The van der Waals surface area contributed by atoms with Gasteiger partial charge < -0.3 is 5.73 Å². The molecule has 9 heavy (non-hydrogen) atoms. The number of carbonyl (C=O) groups is 2. The summed E-state index contributed by atoms with van der Waals surface area (Å²) in [6.45, 7) is 0.918. The second-order valence-corrected chi connectivity index (χ2v) is 1.59. The maximum Gasteiger partial charge on any atom is 0.216 e. The summed E-state index contributed by atoms with van der Waals surface area (Å²) >= 11 is 0. The van der Waals surface area contributed by atoms with E-state index in [1.54, 1.807) is 0 Å². The van der Waals surface area contributed by atoms with E-state index in [1.807, 2.05) is 0 Å². The molecule has 0 rings (SSSR count). The molecule has 4 nitrogen and oxygen atoms in total. The number of hydrogen-bond donors (Lipinski definition) is 1. The lowest BCUT2D eigenvalue weighted by Crippen LogP contribution is -2.22. The van der Waals surface area contributed by atoms with Crippen molar-refractivity contribution < 1.29 is 9.59 Å².